The van der Waals surface area contributed by atoms with E-state index in [-0.39, 0.29) is 0 Å². The van der Waals surface area contributed by atoms with E-state index in [1.807, 2.05) is 36.4 Å². The lowest BCUT2D eigenvalue weighted by Crippen LogP contribution is -1.96. The van der Waals surface area contributed by atoms with E-state index in [4.69, 9.17) is 14.4 Å². The molecule has 59 heavy (non-hydrogen) atoms. The molecule has 0 fully saturated rings. The highest BCUT2D eigenvalue weighted by molar-refractivity contribution is 6.20. The van der Waals surface area contributed by atoms with Gasteiger partial charge in [-0.2, -0.15) is 0 Å². The lowest BCUT2D eigenvalue weighted by molar-refractivity contribution is 0.673. The Balaban J connectivity index is 1.00. The first-order chi connectivity index (χ1) is 29.2. The van der Waals surface area contributed by atoms with Crippen molar-refractivity contribution in [1.82, 2.24) is 9.97 Å². The molecule has 0 aliphatic heterocycles. The van der Waals surface area contributed by atoms with Crippen molar-refractivity contribution in [2.45, 2.75) is 0 Å². The third-order valence-corrected chi connectivity index (χ3v) is 11.3. The molecule has 0 saturated carbocycles. The monoisotopic (exact) mass is 752 g/mol. The molecule has 2 heterocycles. The summed E-state index contributed by atoms with van der Waals surface area (Å²) in [6.07, 6.45) is 0. The largest absolute Gasteiger partial charge is 0.455 e. The van der Waals surface area contributed by atoms with E-state index in [9.17, 15) is 0 Å². The van der Waals surface area contributed by atoms with E-state index < -0.39 is 0 Å². The van der Waals surface area contributed by atoms with Gasteiger partial charge in [0, 0.05) is 32.8 Å². The molecule has 0 aliphatic carbocycles. The minimum Gasteiger partial charge on any atom is -0.455 e. The molecular formula is C56H36N2O. The second kappa shape index (κ2) is 14.6. The predicted molar refractivity (Wildman–Crippen MR) is 245 cm³/mol. The summed E-state index contributed by atoms with van der Waals surface area (Å²) in [6, 6.07) is 76.9. The summed E-state index contributed by atoms with van der Waals surface area (Å²) in [5.41, 5.74) is 16.0. The molecule has 276 valence electrons. The fourth-order valence-corrected chi connectivity index (χ4v) is 8.39. The Hall–Kier alpha value is -7.88. The van der Waals surface area contributed by atoms with Crippen molar-refractivity contribution in [3.05, 3.63) is 218 Å². The number of hydrogen-bond donors (Lipinski definition) is 0. The molecule has 2 aromatic heterocycles. The summed E-state index contributed by atoms with van der Waals surface area (Å²) in [5.74, 6) is 0.706. The molecular weight excluding hydrogens is 717 g/mol. The molecule has 0 radical (unpaired) electrons. The SMILES string of the molecule is c1ccc(-c2cc(-c3cccc(-c4cccc(-c5ccc6oc7c8ccccc8c(-c8ccccc8-c8ccccc8)cc7c6c5)c4)c3)nc(-c3ccccc3)n2)cc1. The highest BCUT2D eigenvalue weighted by Crippen LogP contribution is 2.43. The first-order valence-corrected chi connectivity index (χ1v) is 20.0. The fourth-order valence-electron chi connectivity index (χ4n) is 8.39. The molecule has 11 rings (SSSR count). The smallest absolute Gasteiger partial charge is 0.160 e. The molecule has 0 bridgehead atoms. The van der Waals surface area contributed by atoms with Crippen molar-refractivity contribution in [3.8, 4) is 78.4 Å². The molecule has 0 spiro atoms. The minimum absolute atomic E-state index is 0.706. The van der Waals surface area contributed by atoms with E-state index in [2.05, 4.69) is 182 Å². The van der Waals surface area contributed by atoms with Crippen LogP contribution in [0.5, 0.6) is 0 Å². The molecule has 9 aromatic carbocycles. The van der Waals surface area contributed by atoms with Crippen molar-refractivity contribution in [2.24, 2.45) is 0 Å². The van der Waals surface area contributed by atoms with Crippen LogP contribution in [0.3, 0.4) is 0 Å². The van der Waals surface area contributed by atoms with Gasteiger partial charge in [0.2, 0.25) is 0 Å². The van der Waals surface area contributed by atoms with Gasteiger partial charge in [-0.15, -0.1) is 0 Å². The Labute approximate surface area is 342 Å². The average Bonchev–Trinajstić information content (AvgIpc) is 3.70. The zero-order chi connectivity index (χ0) is 39.1. The first kappa shape index (κ1) is 34.4. The first-order valence-electron chi connectivity index (χ1n) is 20.0. The van der Waals surface area contributed by atoms with Crippen LogP contribution in [-0.2, 0) is 0 Å². The van der Waals surface area contributed by atoms with E-state index >= 15 is 0 Å². The van der Waals surface area contributed by atoms with E-state index in [1.165, 1.54) is 27.6 Å². The highest BCUT2D eigenvalue weighted by Gasteiger charge is 2.18. The van der Waals surface area contributed by atoms with Crippen LogP contribution in [0, 0.1) is 0 Å². The fraction of sp³-hybridized carbons (Fsp3) is 0. The van der Waals surface area contributed by atoms with Gasteiger partial charge in [0.1, 0.15) is 11.2 Å². The summed E-state index contributed by atoms with van der Waals surface area (Å²) in [7, 11) is 0. The van der Waals surface area contributed by atoms with Crippen molar-refractivity contribution < 1.29 is 4.42 Å². The number of benzene rings is 9. The van der Waals surface area contributed by atoms with E-state index in [0.29, 0.717) is 5.82 Å². The number of fused-ring (bicyclic) bond motifs is 5. The Kier molecular flexibility index (Phi) is 8.49. The van der Waals surface area contributed by atoms with Crippen LogP contribution in [0.15, 0.2) is 223 Å². The molecule has 0 unspecified atom stereocenters. The second-order valence-electron chi connectivity index (χ2n) is 14.9. The molecule has 3 nitrogen and oxygen atoms in total. The quantitative estimate of drug-likeness (QED) is 0.163. The Morgan fingerprint density at radius 3 is 1.47 bits per heavy atom. The molecule has 0 amide bonds. The van der Waals surface area contributed by atoms with Gasteiger partial charge in [0.05, 0.1) is 11.4 Å². The van der Waals surface area contributed by atoms with Crippen LogP contribution >= 0.6 is 0 Å². The topological polar surface area (TPSA) is 38.9 Å². The maximum absolute atomic E-state index is 6.67. The van der Waals surface area contributed by atoms with Crippen molar-refractivity contribution in [1.29, 1.82) is 0 Å². The average molecular weight is 753 g/mol. The molecule has 0 atom stereocenters. The second-order valence-corrected chi connectivity index (χ2v) is 14.9. The van der Waals surface area contributed by atoms with Crippen LogP contribution in [0.4, 0.5) is 0 Å². The van der Waals surface area contributed by atoms with Crippen LogP contribution in [0.25, 0.3) is 111 Å². The number of nitrogens with zero attached hydrogens (tertiary/aromatic N) is 2. The van der Waals surface area contributed by atoms with Gasteiger partial charge in [-0.3, -0.25) is 0 Å². The van der Waals surface area contributed by atoms with Crippen molar-refractivity contribution in [2.75, 3.05) is 0 Å². The van der Waals surface area contributed by atoms with Gasteiger partial charge in [-0.25, -0.2) is 9.97 Å². The molecule has 3 heteroatoms. The van der Waals surface area contributed by atoms with E-state index in [0.717, 1.165) is 77.7 Å². The van der Waals surface area contributed by atoms with Gasteiger partial charge in [-0.05, 0) is 86.3 Å². The lowest BCUT2D eigenvalue weighted by atomic mass is 9.90. The molecule has 0 N–H and O–H groups in total. The molecule has 0 aliphatic rings. The molecule has 11 aromatic rings. The Morgan fingerprint density at radius 1 is 0.271 bits per heavy atom. The maximum Gasteiger partial charge on any atom is 0.160 e. The predicted octanol–water partition coefficient (Wildman–Crippen LogP) is 15.2. The highest BCUT2D eigenvalue weighted by atomic mass is 16.3. The molecule has 0 saturated heterocycles. The summed E-state index contributed by atoms with van der Waals surface area (Å²) in [6.45, 7) is 0. The van der Waals surface area contributed by atoms with Crippen LogP contribution < -0.4 is 0 Å². The number of hydrogen-bond acceptors (Lipinski definition) is 3. The van der Waals surface area contributed by atoms with Crippen LogP contribution in [0.2, 0.25) is 0 Å². The zero-order valence-electron chi connectivity index (χ0n) is 32.1. The van der Waals surface area contributed by atoms with Crippen LogP contribution in [0.1, 0.15) is 0 Å². The third-order valence-electron chi connectivity index (χ3n) is 11.3. The van der Waals surface area contributed by atoms with Gasteiger partial charge in [0.25, 0.3) is 0 Å². The van der Waals surface area contributed by atoms with Gasteiger partial charge >= 0.3 is 0 Å². The number of furan rings is 1. The summed E-state index contributed by atoms with van der Waals surface area (Å²) in [4.78, 5) is 10.1. The maximum atomic E-state index is 6.67. The Bertz CT molecular complexity index is 3260. The van der Waals surface area contributed by atoms with Gasteiger partial charge in [0.15, 0.2) is 5.82 Å². The Morgan fingerprint density at radius 2 is 0.780 bits per heavy atom. The zero-order valence-corrected chi connectivity index (χ0v) is 32.1. The summed E-state index contributed by atoms with van der Waals surface area (Å²) < 4.78 is 6.67. The van der Waals surface area contributed by atoms with Crippen LogP contribution in [-0.4, -0.2) is 9.97 Å². The van der Waals surface area contributed by atoms with Gasteiger partial charge in [-0.1, -0.05) is 182 Å². The van der Waals surface area contributed by atoms with E-state index in [1.54, 1.807) is 0 Å². The normalized spacial score (nSPS) is 11.4. The van der Waals surface area contributed by atoms with Crippen molar-refractivity contribution in [3.63, 3.8) is 0 Å². The lowest BCUT2D eigenvalue weighted by Gasteiger charge is -2.13. The third kappa shape index (κ3) is 6.36. The number of rotatable bonds is 7. The van der Waals surface area contributed by atoms with Gasteiger partial charge < -0.3 is 4.42 Å². The summed E-state index contributed by atoms with van der Waals surface area (Å²) >= 11 is 0. The number of aromatic nitrogens is 2. The van der Waals surface area contributed by atoms with Crippen molar-refractivity contribution >= 4 is 32.7 Å². The summed E-state index contributed by atoms with van der Waals surface area (Å²) in [5, 5.41) is 4.49. The minimum atomic E-state index is 0.706. The standard InChI is InChI=1S/C56H36N2O/c1-4-16-37(17-5-1)45-26-10-11-27-46(45)49-35-51-50-34-43(30-31-54(50)59-55(51)48-29-13-12-28-47(48)49)41-23-14-22-40(32-41)42-24-15-25-44(33-42)53-36-52(38-18-6-2-7-19-38)57-56(58-53)39-20-8-3-9-21-39/h1-36H.